The third-order valence-electron chi connectivity index (χ3n) is 19.0. The molecule has 6 aromatic heterocycles. The molecule has 0 aromatic carbocycles. The van der Waals surface area contributed by atoms with Crippen LogP contribution in [0.25, 0.3) is 0 Å². The van der Waals surface area contributed by atoms with Gasteiger partial charge in [-0.25, -0.2) is 9.97 Å². The zero-order valence-corrected chi connectivity index (χ0v) is 62.5. The van der Waals surface area contributed by atoms with Gasteiger partial charge < -0.3 is 131 Å². The summed E-state index contributed by atoms with van der Waals surface area (Å²) in [4.78, 5) is 183. The highest BCUT2D eigenvalue weighted by Crippen LogP contribution is 2.26. The number of carbonyl (C=O) groups excluding carboxylic acids is 12. The molecule has 12 amide bonds. The molecule has 2 fully saturated rings. The van der Waals surface area contributed by atoms with Crippen molar-refractivity contribution >= 4 is 106 Å². The van der Waals surface area contributed by atoms with Gasteiger partial charge in [-0.1, -0.05) is 0 Å². The number of guanidine groups is 2. The molecule has 41 nitrogen and oxygen atoms in total. The van der Waals surface area contributed by atoms with E-state index in [9.17, 15) is 57.5 Å². The van der Waals surface area contributed by atoms with E-state index in [2.05, 4.69) is 78.4 Å². The molecule has 41 heteroatoms. The molecule has 0 unspecified atom stereocenters. The number of aryl methyl sites for hydroxylation is 4. The number of nitrogens with zero attached hydrogens (tertiary/aromatic N) is 8. The maximum Gasteiger partial charge on any atom is 0.272 e. The van der Waals surface area contributed by atoms with Crippen LogP contribution >= 0.6 is 0 Å². The van der Waals surface area contributed by atoms with Crippen molar-refractivity contribution in [3.8, 4) is 0 Å². The van der Waals surface area contributed by atoms with Crippen molar-refractivity contribution in [3.05, 3.63) is 108 Å². The van der Waals surface area contributed by atoms with E-state index >= 15 is 0 Å². The molecule has 0 radical (unpaired) electrons. The van der Waals surface area contributed by atoms with Crippen LogP contribution in [-0.4, -0.2) is 218 Å². The summed E-state index contributed by atoms with van der Waals surface area (Å²) in [7, 11) is 6.30. The Labute approximate surface area is 639 Å². The van der Waals surface area contributed by atoms with Crippen LogP contribution in [0.15, 0.2) is 74.1 Å². The first-order valence-electron chi connectivity index (χ1n) is 36.6. The number of anilines is 4. The number of rotatable bonds is 41. The van der Waals surface area contributed by atoms with Crippen LogP contribution in [0.2, 0.25) is 0 Å². The van der Waals surface area contributed by atoms with Gasteiger partial charge in [0.05, 0.1) is 41.4 Å². The van der Waals surface area contributed by atoms with E-state index in [-0.39, 0.29) is 141 Å². The van der Waals surface area contributed by atoms with Crippen LogP contribution in [0.4, 0.5) is 22.7 Å². The average molecular weight is 1540 g/mol. The first-order valence-corrected chi connectivity index (χ1v) is 36.6. The van der Waals surface area contributed by atoms with E-state index in [0.717, 1.165) is 0 Å². The molecular weight excluding hydrogens is 1440 g/mol. The Morgan fingerprint density at radius 3 is 1.25 bits per heavy atom. The normalized spacial score (nSPS) is 15.5. The summed E-state index contributed by atoms with van der Waals surface area (Å²) in [6, 6.07) is -3.11. The lowest BCUT2D eigenvalue weighted by atomic mass is 10.1. The zero-order valence-electron chi connectivity index (χ0n) is 62.5. The molecule has 8 heterocycles. The number of aromatic amines is 2. The number of amides is 12. The summed E-state index contributed by atoms with van der Waals surface area (Å²) in [5.41, 5.74) is 36.6. The maximum atomic E-state index is 14.7. The van der Waals surface area contributed by atoms with Gasteiger partial charge in [-0.3, -0.25) is 68.4 Å². The molecule has 8 atom stereocenters. The van der Waals surface area contributed by atoms with Crippen molar-refractivity contribution in [1.29, 1.82) is 10.8 Å². The molecule has 0 saturated carbocycles. The lowest BCUT2D eigenvalue weighted by Gasteiger charge is -2.30. The van der Waals surface area contributed by atoms with Gasteiger partial charge in [0.2, 0.25) is 47.3 Å². The summed E-state index contributed by atoms with van der Waals surface area (Å²) in [6.07, 6.45) is 16.5. The second-order valence-corrected chi connectivity index (χ2v) is 27.5. The lowest BCUT2D eigenvalue weighted by molar-refractivity contribution is -0.141. The molecule has 6 aromatic rings. The highest BCUT2D eigenvalue weighted by atomic mass is 16.2. The number of nitrogens with two attached hydrogens (primary N) is 6. The summed E-state index contributed by atoms with van der Waals surface area (Å²) in [5.74, 6) is -8.22. The molecule has 27 N–H and O–H groups in total. The van der Waals surface area contributed by atoms with Crippen molar-refractivity contribution in [2.45, 2.75) is 151 Å². The van der Waals surface area contributed by atoms with Gasteiger partial charge in [0.25, 0.3) is 23.6 Å². The standard InChI is InChI=1S/C70H103N29O12/c1-94-33-41(85-58(101)47(14-6-8-20-72)90-60(103)49(16-10-22-82-70(77)78)92-61(104)51-17-11-23-98(51)67(110)45(73)25-39-31-79-37-83-39)27-53(94)63(106)86-42-28-54(95(2)34-42)64(107)87-43-29-55(96(3)35-43)65(108)88-44-30-56(97(4)36-44)66(109)93-50(26-40-32-80-38-84-40)68(111)99-24-12-18-52(99)62(105)91-48(15-9-21-81-69(75)76)59(102)89-46(57(74)100)13-5-7-19-71/h27-38,45-52H,5-26,71-73H2,1-4H3,(H2,74,100)(H,79,83)(H,80,84)(H,85,101)(H,86,106)(H,87,107)(H,88,108)(H,89,102)(H,90,103)(H,91,105)(H,92,104)(H,93,109)(H4,75,76,81)(H4,77,78,82)/t45-,46-,47-,48-,49-,50-,51-,52-/m0/s1. The van der Waals surface area contributed by atoms with Crippen LogP contribution < -0.4 is 92.9 Å². The number of nitrogens with one attached hydrogen (secondary N) is 15. The first kappa shape index (κ1) is 84.2. The summed E-state index contributed by atoms with van der Waals surface area (Å²) in [6.45, 7) is 1.46. The number of aromatic nitrogens is 8. The molecular formula is C70H103N29O12. The predicted octanol–water partition coefficient (Wildman–Crippen LogP) is -2.72. The van der Waals surface area contributed by atoms with Gasteiger partial charge in [-0.05, 0) is 127 Å². The van der Waals surface area contributed by atoms with E-state index in [1.807, 2.05) is 0 Å². The van der Waals surface area contributed by atoms with Crippen molar-refractivity contribution in [1.82, 2.24) is 85.2 Å². The van der Waals surface area contributed by atoms with Gasteiger partial charge in [0, 0.05) is 116 Å². The fourth-order valence-electron chi connectivity index (χ4n) is 13.3. The second-order valence-electron chi connectivity index (χ2n) is 27.5. The van der Waals surface area contributed by atoms with Gasteiger partial charge >= 0.3 is 0 Å². The molecule has 8 rings (SSSR count). The molecule has 0 bridgehead atoms. The Morgan fingerprint density at radius 2 is 0.847 bits per heavy atom. The van der Waals surface area contributed by atoms with Crippen molar-refractivity contribution in [2.24, 2.45) is 62.6 Å². The Kier molecular flexibility index (Phi) is 30.5. The molecule has 0 aliphatic carbocycles. The Balaban J connectivity index is 0.866. The number of hydrogen-bond acceptors (Lipinski definition) is 19. The number of imidazole rings is 2. The number of likely N-dealkylation sites (tertiary alicyclic amines) is 2. The fraction of sp³-hybridized carbons (Fsp3) is 0.486. The molecule has 2 aliphatic heterocycles. The molecule has 2 aliphatic rings. The average Bonchev–Trinajstić information content (AvgIpc) is 1.65. The van der Waals surface area contributed by atoms with Crippen molar-refractivity contribution in [3.63, 3.8) is 0 Å². The molecule has 0 spiro atoms. The Bertz CT molecular complexity index is 4290. The van der Waals surface area contributed by atoms with E-state index in [1.165, 1.54) is 96.0 Å². The van der Waals surface area contributed by atoms with E-state index in [1.54, 1.807) is 34.4 Å². The van der Waals surface area contributed by atoms with Crippen molar-refractivity contribution < 1.29 is 57.5 Å². The second kappa shape index (κ2) is 40.2. The number of primary amides is 1. The maximum absolute atomic E-state index is 14.7. The molecule has 2 saturated heterocycles. The minimum absolute atomic E-state index is 0.0335. The lowest BCUT2D eigenvalue weighted by Crippen LogP contribution is -2.58. The minimum Gasteiger partial charge on any atom is -0.370 e. The summed E-state index contributed by atoms with van der Waals surface area (Å²) in [5, 5.41) is 45.3. The predicted molar refractivity (Wildman–Crippen MR) is 408 cm³/mol. The van der Waals surface area contributed by atoms with Gasteiger partial charge in [0.1, 0.15) is 65.1 Å². The van der Waals surface area contributed by atoms with Crippen molar-refractivity contribution in [2.75, 3.05) is 60.5 Å². The van der Waals surface area contributed by atoms with E-state index < -0.39 is 119 Å². The fourth-order valence-corrected chi connectivity index (χ4v) is 13.3. The van der Waals surface area contributed by atoms with Gasteiger partial charge in [0.15, 0.2) is 11.9 Å². The third-order valence-corrected chi connectivity index (χ3v) is 19.0. The molecule has 600 valence electrons. The third kappa shape index (κ3) is 23.8. The van der Waals surface area contributed by atoms with Crippen LogP contribution in [0, 0.1) is 10.8 Å². The summed E-state index contributed by atoms with van der Waals surface area (Å²) >= 11 is 0. The Morgan fingerprint density at radius 1 is 0.468 bits per heavy atom. The van der Waals surface area contributed by atoms with E-state index in [0.29, 0.717) is 69.4 Å². The zero-order chi connectivity index (χ0) is 80.6. The quantitative estimate of drug-likeness (QED) is 0.0105. The molecule has 111 heavy (non-hydrogen) atoms. The SMILES string of the molecule is Cn1cc(NC(=O)c2cc(NC(=O)[C@H](CCCCN)NC(=O)[C@H](CCCNC(=N)N)NC(=O)[C@@H]3CCCN3C(=O)[C@@H](N)Cc3cnc[nH]3)cn2C)cc1C(=O)Nc1cc(C(=O)Nc2cc(C(=O)N[C@@H](Cc3cnc[nH]3)C(=O)N3CCC[C@H]3C(=O)N[C@@H](CCCNC(=N)N)C(=O)N[C@@H](CCCCN)C(N)=O)n(C)c2)n(C)c1. The van der Waals surface area contributed by atoms with Crippen LogP contribution in [-0.2, 0) is 79.4 Å². The van der Waals surface area contributed by atoms with Crippen LogP contribution in [0.1, 0.15) is 143 Å². The number of hydrogen-bond donors (Lipinski definition) is 21. The minimum atomic E-state index is -1.26. The van der Waals surface area contributed by atoms with Gasteiger partial charge in [-0.15, -0.1) is 0 Å². The van der Waals surface area contributed by atoms with Crippen LogP contribution in [0.5, 0.6) is 0 Å². The summed E-state index contributed by atoms with van der Waals surface area (Å²) < 4.78 is 5.85. The number of H-pyrrole nitrogens is 2. The highest BCUT2D eigenvalue weighted by Gasteiger charge is 2.41. The number of unbranched alkanes of at least 4 members (excludes halogenated alkanes) is 2. The number of carbonyl (C=O) groups is 12. The van der Waals surface area contributed by atoms with Crippen LogP contribution in [0.3, 0.4) is 0 Å². The van der Waals surface area contributed by atoms with E-state index in [4.69, 9.17) is 45.2 Å². The highest BCUT2D eigenvalue weighted by molar-refractivity contribution is 6.10. The monoisotopic (exact) mass is 1540 g/mol. The largest absolute Gasteiger partial charge is 0.370 e. The van der Waals surface area contributed by atoms with Gasteiger partial charge in [-0.2, -0.15) is 0 Å². The Hall–Kier alpha value is -12.4. The topological polar surface area (TPSA) is 625 Å². The first-order chi connectivity index (χ1) is 53.0. The smallest absolute Gasteiger partial charge is 0.272 e.